The van der Waals surface area contributed by atoms with Gasteiger partial charge in [0.2, 0.25) is 0 Å². The molecule has 1 N–H and O–H groups in total. The summed E-state index contributed by atoms with van der Waals surface area (Å²) in [6.45, 7) is 6.39. The molecule has 90 valence electrons. The van der Waals surface area contributed by atoms with E-state index < -0.39 is 0 Å². The molecule has 1 saturated carbocycles. The van der Waals surface area contributed by atoms with Crippen LogP contribution in [0.15, 0.2) is 12.4 Å². The second-order valence-corrected chi connectivity index (χ2v) is 4.74. The maximum atomic E-state index is 4.32. The molecule has 1 aliphatic rings. The van der Waals surface area contributed by atoms with E-state index in [1.807, 2.05) is 10.9 Å². The van der Waals surface area contributed by atoms with Gasteiger partial charge in [0, 0.05) is 18.8 Å². The normalized spacial score (nSPS) is 17.6. The van der Waals surface area contributed by atoms with Crippen molar-refractivity contribution >= 4 is 0 Å². The molecule has 1 heterocycles. The van der Waals surface area contributed by atoms with Crippen LogP contribution in [0.2, 0.25) is 0 Å². The lowest BCUT2D eigenvalue weighted by Crippen LogP contribution is -2.31. The zero-order chi connectivity index (χ0) is 11.4. The molecule has 0 aliphatic heterocycles. The minimum atomic E-state index is 0.731. The van der Waals surface area contributed by atoms with Gasteiger partial charge in [0.1, 0.15) is 0 Å². The Balaban J connectivity index is 1.80. The first kappa shape index (κ1) is 11.6. The van der Waals surface area contributed by atoms with Crippen molar-refractivity contribution in [1.82, 2.24) is 15.1 Å². The smallest absolute Gasteiger partial charge is 0.0521 e. The number of hydrogen-bond acceptors (Lipinski definition) is 2. The van der Waals surface area contributed by atoms with Gasteiger partial charge < -0.3 is 5.32 Å². The second-order valence-electron chi connectivity index (χ2n) is 4.74. The standard InChI is InChI=1S/C13H23N3/c1-3-14-13(12-6-7-12)8-5-11-9-15-16(4-2)10-11/h9-10,12-14H,3-8H2,1-2H3. The summed E-state index contributed by atoms with van der Waals surface area (Å²) in [5.74, 6) is 0.946. The summed E-state index contributed by atoms with van der Waals surface area (Å²) in [4.78, 5) is 0. The summed E-state index contributed by atoms with van der Waals surface area (Å²) in [6.07, 6.45) is 9.45. The molecule has 0 saturated heterocycles. The van der Waals surface area contributed by atoms with E-state index in [2.05, 4.69) is 30.5 Å². The molecule has 3 heteroatoms. The molecular formula is C13H23N3. The molecule has 1 unspecified atom stereocenters. The quantitative estimate of drug-likeness (QED) is 0.765. The molecule has 1 aromatic heterocycles. The third-order valence-electron chi connectivity index (χ3n) is 3.41. The Kier molecular flexibility index (Phi) is 3.99. The van der Waals surface area contributed by atoms with E-state index in [-0.39, 0.29) is 0 Å². The van der Waals surface area contributed by atoms with E-state index in [0.717, 1.165) is 31.5 Å². The van der Waals surface area contributed by atoms with Gasteiger partial charge in [-0.1, -0.05) is 6.92 Å². The van der Waals surface area contributed by atoms with Crippen LogP contribution in [0.3, 0.4) is 0 Å². The number of aromatic nitrogens is 2. The third kappa shape index (κ3) is 3.08. The minimum absolute atomic E-state index is 0.731. The summed E-state index contributed by atoms with van der Waals surface area (Å²) < 4.78 is 2.01. The van der Waals surface area contributed by atoms with Gasteiger partial charge in [0.15, 0.2) is 0 Å². The maximum absolute atomic E-state index is 4.32. The van der Waals surface area contributed by atoms with E-state index in [4.69, 9.17) is 0 Å². The topological polar surface area (TPSA) is 29.9 Å². The van der Waals surface area contributed by atoms with E-state index in [1.165, 1.54) is 24.8 Å². The van der Waals surface area contributed by atoms with Crippen LogP contribution in [0.25, 0.3) is 0 Å². The largest absolute Gasteiger partial charge is 0.314 e. The number of aryl methyl sites for hydroxylation is 2. The molecule has 1 aromatic rings. The summed E-state index contributed by atoms with van der Waals surface area (Å²) >= 11 is 0. The zero-order valence-electron chi connectivity index (χ0n) is 10.4. The number of nitrogens with zero attached hydrogens (tertiary/aromatic N) is 2. The van der Waals surface area contributed by atoms with Crippen molar-refractivity contribution < 1.29 is 0 Å². The van der Waals surface area contributed by atoms with Gasteiger partial charge in [0.25, 0.3) is 0 Å². The molecule has 3 nitrogen and oxygen atoms in total. The number of nitrogens with one attached hydrogen (secondary N) is 1. The Morgan fingerprint density at radius 2 is 2.31 bits per heavy atom. The fourth-order valence-electron chi connectivity index (χ4n) is 2.30. The number of rotatable bonds is 7. The van der Waals surface area contributed by atoms with Crippen molar-refractivity contribution in [3.63, 3.8) is 0 Å². The summed E-state index contributed by atoms with van der Waals surface area (Å²) in [6, 6.07) is 0.731. The van der Waals surface area contributed by atoms with Gasteiger partial charge in [0.05, 0.1) is 6.20 Å². The van der Waals surface area contributed by atoms with E-state index in [9.17, 15) is 0 Å². The molecule has 0 radical (unpaired) electrons. The van der Waals surface area contributed by atoms with Gasteiger partial charge in [-0.15, -0.1) is 0 Å². The molecule has 0 bridgehead atoms. The molecule has 1 aliphatic carbocycles. The predicted molar refractivity (Wildman–Crippen MR) is 66.4 cm³/mol. The van der Waals surface area contributed by atoms with Gasteiger partial charge in [-0.2, -0.15) is 5.10 Å². The first-order valence-electron chi connectivity index (χ1n) is 6.58. The SMILES string of the molecule is CCNC(CCc1cnn(CC)c1)C1CC1. The fourth-order valence-corrected chi connectivity index (χ4v) is 2.30. The highest BCUT2D eigenvalue weighted by atomic mass is 15.3. The van der Waals surface area contributed by atoms with Crippen molar-refractivity contribution in [3.8, 4) is 0 Å². The number of hydrogen-bond donors (Lipinski definition) is 1. The summed E-state index contributed by atoms with van der Waals surface area (Å²) in [5, 5.41) is 7.92. The fraction of sp³-hybridized carbons (Fsp3) is 0.769. The average molecular weight is 221 g/mol. The van der Waals surface area contributed by atoms with Gasteiger partial charge in [-0.05, 0) is 50.6 Å². The Labute approximate surface area is 98.2 Å². The van der Waals surface area contributed by atoms with Crippen LogP contribution < -0.4 is 5.32 Å². The van der Waals surface area contributed by atoms with Crippen LogP contribution in [0.4, 0.5) is 0 Å². The van der Waals surface area contributed by atoms with Crippen molar-refractivity contribution in [1.29, 1.82) is 0 Å². The molecule has 0 amide bonds. The lowest BCUT2D eigenvalue weighted by Gasteiger charge is -2.16. The highest BCUT2D eigenvalue weighted by Gasteiger charge is 2.30. The first-order valence-corrected chi connectivity index (χ1v) is 6.58. The van der Waals surface area contributed by atoms with Crippen LogP contribution in [-0.4, -0.2) is 22.4 Å². The van der Waals surface area contributed by atoms with Gasteiger partial charge >= 0.3 is 0 Å². The highest BCUT2D eigenvalue weighted by Crippen LogP contribution is 2.34. The Bertz CT molecular complexity index is 315. The Hall–Kier alpha value is -0.830. The van der Waals surface area contributed by atoms with Crippen molar-refractivity contribution in [3.05, 3.63) is 18.0 Å². The molecular weight excluding hydrogens is 198 g/mol. The van der Waals surface area contributed by atoms with Crippen molar-refractivity contribution in [2.45, 2.75) is 52.1 Å². The zero-order valence-corrected chi connectivity index (χ0v) is 10.4. The van der Waals surface area contributed by atoms with E-state index in [0.29, 0.717) is 0 Å². The Morgan fingerprint density at radius 3 is 2.88 bits per heavy atom. The van der Waals surface area contributed by atoms with Gasteiger partial charge in [-0.3, -0.25) is 4.68 Å². The first-order chi connectivity index (χ1) is 7.83. The van der Waals surface area contributed by atoms with Crippen LogP contribution in [-0.2, 0) is 13.0 Å². The molecule has 1 atom stereocenters. The lowest BCUT2D eigenvalue weighted by molar-refractivity contribution is 0.446. The Morgan fingerprint density at radius 1 is 1.50 bits per heavy atom. The molecule has 1 fully saturated rings. The van der Waals surface area contributed by atoms with E-state index in [1.54, 1.807) is 0 Å². The van der Waals surface area contributed by atoms with Crippen LogP contribution in [0, 0.1) is 5.92 Å². The minimum Gasteiger partial charge on any atom is -0.314 e. The van der Waals surface area contributed by atoms with Gasteiger partial charge in [-0.25, -0.2) is 0 Å². The van der Waals surface area contributed by atoms with Crippen LogP contribution in [0.1, 0.15) is 38.7 Å². The lowest BCUT2D eigenvalue weighted by atomic mass is 10.0. The summed E-state index contributed by atoms with van der Waals surface area (Å²) in [5.41, 5.74) is 1.38. The molecule has 2 rings (SSSR count). The van der Waals surface area contributed by atoms with Crippen LogP contribution in [0.5, 0.6) is 0 Å². The average Bonchev–Trinajstić information content (AvgIpc) is 3.03. The van der Waals surface area contributed by atoms with E-state index >= 15 is 0 Å². The predicted octanol–water partition coefficient (Wildman–Crippen LogP) is 2.22. The van der Waals surface area contributed by atoms with Crippen molar-refractivity contribution in [2.24, 2.45) is 5.92 Å². The van der Waals surface area contributed by atoms with Crippen LogP contribution >= 0.6 is 0 Å². The monoisotopic (exact) mass is 221 g/mol. The molecule has 16 heavy (non-hydrogen) atoms. The summed E-state index contributed by atoms with van der Waals surface area (Å²) in [7, 11) is 0. The molecule has 0 aromatic carbocycles. The highest BCUT2D eigenvalue weighted by molar-refractivity contribution is 5.05. The third-order valence-corrected chi connectivity index (χ3v) is 3.41. The molecule has 0 spiro atoms. The van der Waals surface area contributed by atoms with Crippen molar-refractivity contribution in [2.75, 3.05) is 6.54 Å². The maximum Gasteiger partial charge on any atom is 0.0521 e. The second kappa shape index (κ2) is 5.48.